The molecule has 0 spiro atoms. The predicted octanol–water partition coefficient (Wildman–Crippen LogP) is 1.06. The normalized spacial score (nSPS) is 12.2. The van der Waals surface area contributed by atoms with Gasteiger partial charge in [0.15, 0.2) is 0 Å². The van der Waals surface area contributed by atoms with Crippen molar-refractivity contribution in [1.29, 1.82) is 0 Å². The van der Waals surface area contributed by atoms with Crippen molar-refractivity contribution in [2.24, 2.45) is 0 Å². The van der Waals surface area contributed by atoms with Crippen LogP contribution in [0.3, 0.4) is 0 Å². The van der Waals surface area contributed by atoms with Gasteiger partial charge in [0.1, 0.15) is 5.75 Å². The maximum absolute atomic E-state index is 11.0. The molecular weight excluding hydrogens is 192 g/mol. The Balaban J connectivity index is 3.02. The summed E-state index contributed by atoms with van der Waals surface area (Å²) >= 11 is -2.47. The number of hydrogen-bond donors (Lipinski definition) is 1. The van der Waals surface area contributed by atoms with Gasteiger partial charge in [0.05, 0.1) is 7.11 Å². The van der Waals surface area contributed by atoms with Gasteiger partial charge in [0.25, 0.3) is 5.12 Å². The van der Waals surface area contributed by atoms with Crippen LogP contribution in [0, 0.1) is 0 Å². The Morgan fingerprint density at radius 2 is 2.23 bits per heavy atom. The maximum Gasteiger partial charge on any atom is 0.276 e. The van der Waals surface area contributed by atoms with Crippen molar-refractivity contribution >= 4 is 16.2 Å². The van der Waals surface area contributed by atoms with Gasteiger partial charge in [-0.25, -0.2) is 4.21 Å². The topological polar surface area (TPSA) is 63.6 Å². The van der Waals surface area contributed by atoms with Crippen LogP contribution in [0.25, 0.3) is 0 Å². The molecule has 0 amide bonds. The van der Waals surface area contributed by atoms with Crippen LogP contribution in [-0.4, -0.2) is 21.0 Å². The third-order valence-electron chi connectivity index (χ3n) is 1.46. The van der Waals surface area contributed by atoms with Crippen LogP contribution in [0.2, 0.25) is 0 Å². The molecule has 0 saturated heterocycles. The number of carbonyl (C=O) groups excluding carboxylic acids is 1. The molecule has 0 aliphatic carbocycles. The smallest absolute Gasteiger partial charge is 0.276 e. The van der Waals surface area contributed by atoms with Crippen molar-refractivity contribution in [2.75, 3.05) is 7.11 Å². The van der Waals surface area contributed by atoms with E-state index in [1.54, 1.807) is 12.1 Å². The summed E-state index contributed by atoms with van der Waals surface area (Å²) in [5.41, 5.74) is 0.167. The molecule has 1 aromatic carbocycles. The highest BCUT2D eigenvalue weighted by Gasteiger charge is 2.12. The summed E-state index contributed by atoms with van der Waals surface area (Å²) in [5, 5.41) is -0.820. The number of carbonyl (C=O) groups is 1. The summed E-state index contributed by atoms with van der Waals surface area (Å²) in [4.78, 5) is 11.0. The summed E-state index contributed by atoms with van der Waals surface area (Å²) in [7, 11) is 1.46. The molecule has 0 fully saturated rings. The van der Waals surface area contributed by atoms with Crippen LogP contribution in [0.5, 0.6) is 5.75 Å². The Kier molecular flexibility index (Phi) is 3.16. The highest BCUT2D eigenvalue weighted by atomic mass is 32.2. The molecule has 0 aromatic heterocycles. The van der Waals surface area contributed by atoms with Crippen LogP contribution < -0.4 is 4.74 Å². The Morgan fingerprint density at radius 1 is 1.54 bits per heavy atom. The lowest BCUT2D eigenvalue weighted by molar-refractivity contribution is 0.107. The van der Waals surface area contributed by atoms with Crippen molar-refractivity contribution in [3.63, 3.8) is 0 Å². The van der Waals surface area contributed by atoms with Crippen LogP contribution in [0.15, 0.2) is 24.3 Å². The Bertz CT molecular complexity index is 348. The molecule has 0 saturated carbocycles. The molecule has 0 aliphatic rings. The van der Waals surface area contributed by atoms with E-state index in [1.807, 2.05) is 0 Å². The van der Waals surface area contributed by atoms with Gasteiger partial charge in [0, 0.05) is 5.56 Å². The third-order valence-corrected chi connectivity index (χ3v) is 2.02. The lowest BCUT2D eigenvalue weighted by Crippen LogP contribution is -2.05. The predicted molar refractivity (Wildman–Crippen MR) is 48.1 cm³/mol. The fourth-order valence-electron chi connectivity index (χ4n) is 0.851. The van der Waals surface area contributed by atoms with Gasteiger partial charge in [-0.3, -0.25) is 9.35 Å². The van der Waals surface area contributed by atoms with Crippen LogP contribution >= 0.6 is 0 Å². The van der Waals surface area contributed by atoms with E-state index in [9.17, 15) is 9.00 Å². The van der Waals surface area contributed by atoms with E-state index in [0.29, 0.717) is 5.75 Å². The Hall–Kier alpha value is -1.20. The zero-order valence-electron chi connectivity index (χ0n) is 6.89. The summed E-state index contributed by atoms with van der Waals surface area (Å²) in [6.07, 6.45) is 0. The zero-order valence-corrected chi connectivity index (χ0v) is 7.71. The van der Waals surface area contributed by atoms with E-state index in [2.05, 4.69) is 0 Å². The van der Waals surface area contributed by atoms with E-state index in [0.717, 1.165) is 0 Å². The van der Waals surface area contributed by atoms with Gasteiger partial charge in [-0.05, 0) is 12.1 Å². The van der Waals surface area contributed by atoms with Gasteiger partial charge in [-0.15, -0.1) is 0 Å². The minimum atomic E-state index is -2.47. The number of hydrogen-bond acceptors (Lipinski definition) is 3. The molecule has 70 valence electrons. The van der Waals surface area contributed by atoms with Crippen molar-refractivity contribution in [3.05, 3.63) is 29.8 Å². The fraction of sp³-hybridized carbons (Fsp3) is 0.125. The van der Waals surface area contributed by atoms with Gasteiger partial charge < -0.3 is 4.74 Å². The van der Waals surface area contributed by atoms with Crippen LogP contribution in [0.1, 0.15) is 10.4 Å². The Morgan fingerprint density at radius 3 is 2.77 bits per heavy atom. The fourth-order valence-corrected chi connectivity index (χ4v) is 1.18. The average molecular weight is 200 g/mol. The molecule has 1 rings (SSSR count). The molecule has 4 nitrogen and oxygen atoms in total. The molecule has 5 heteroatoms. The van der Waals surface area contributed by atoms with E-state index in [4.69, 9.17) is 9.29 Å². The second-order valence-corrected chi connectivity index (χ2v) is 3.14. The summed E-state index contributed by atoms with van der Waals surface area (Å²) in [6.45, 7) is 0. The number of ether oxygens (including phenoxy) is 1. The molecule has 0 bridgehead atoms. The number of methoxy groups -OCH3 is 1. The molecule has 1 N–H and O–H groups in total. The lowest BCUT2D eigenvalue weighted by atomic mass is 10.2. The first-order valence-electron chi connectivity index (χ1n) is 3.44. The highest BCUT2D eigenvalue weighted by molar-refractivity contribution is 7.95. The van der Waals surface area contributed by atoms with E-state index in [1.165, 1.54) is 19.2 Å². The van der Waals surface area contributed by atoms with Crippen LogP contribution in [0.4, 0.5) is 0 Å². The van der Waals surface area contributed by atoms with E-state index < -0.39 is 16.2 Å². The average Bonchev–Trinajstić information content (AvgIpc) is 2.16. The molecule has 13 heavy (non-hydrogen) atoms. The van der Waals surface area contributed by atoms with Gasteiger partial charge >= 0.3 is 0 Å². The molecule has 1 aromatic rings. The maximum atomic E-state index is 11.0. The molecular formula is C8H8O4S. The summed E-state index contributed by atoms with van der Waals surface area (Å²) in [5.74, 6) is 0.483. The van der Waals surface area contributed by atoms with E-state index in [-0.39, 0.29) is 5.56 Å². The van der Waals surface area contributed by atoms with Gasteiger partial charge in [0.2, 0.25) is 11.1 Å². The van der Waals surface area contributed by atoms with Gasteiger partial charge in [-0.1, -0.05) is 12.1 Å². The standard InChI is InChI=1S/C8H8O4S/c1-12-7-4-2-3-6(5-7)8(9)13(10)11/h2-5H,1H3,(H,10,11). The van der Waals surface area contributed by atoms with E-state index >= 15 is 0 Å². The molecule has 0 radical (unpaired) electrons. The monoisotopic (exact) mass is 200 g/mol. The molecule has 0 aliphatic heterocycles. The highest BCUT2D eigenvalue weighted by Crippen LogP contribution is 2.13. The largest absolute Gasteiger partial charge is 0.497 e. The zero-order chi connectivity index (χ0) is 9.84. The quantitative estimate of drug-likeness (QED) is 0.725. The number of benzene rings is 1. The Labute approximate surface area is 77.8 Å². The number of rotatable bonds is 2. The molecule has 1 atom stereocenters. The molecule has 1 unspecified atom stereocenters. The first kappa shape index (κ1) is 9.88. The second kappa shape index (κ2) is 4.15. The second-order valence-electron chi connectivity index (χ2n) is 2.27. The van der Waals surface area contributed by atoms with Crippen molar-refractivity contribution < 1.29 is 18.3 Å². The van der Waals surface area contributed by atoms with Crippen LogP contribution in [-0.2, 0) is 11.1 Å². The minimum Gasteiger partial charge on any atom is -0.497 e. The third kappa shape index (κ3) is 2.37. The summed E-state index contributed by atoms with van der Waals surface area (Å²) in [6, 6.07) is 6.10. The van der Waals surface area contributed by atoms with Crippen molar-refractivity contribution in [2.45, 2.75) is 0 Å². The van der Waals surface area contributed by atoms with Gasteiger partial charge in [-0.2, -0.15) is 0 Å². The SMILES string of the molecule is COc1cccc(C(=O)S(=O)O)c1. The van der Waals surface area contributed by atoms with Crippen molar-refractivity contribution in [1.82, 2.24) is 0 Å². The lowest BCUT2D eigenvalue weighted by Gasteiger charge is -2.00. The summed E-state index contributed by atoms with van der Waals surface area (Å²) < 4.78 is 23.8. The first-order chi connectivity index (χ1) is 6.15. The molecule has 0 heterocycles. The minimum absolute atomic E-state index is 0.167. The first-order valence-corrected chi connectivity index (χ1v) is 4.55. The van der Waals surface area contributed by atoms with Crippen molar-refractivity contribution in [3.8, 4) is 5.75 Å².